The maximum absolute atomic E-state index is 11.4. The van der Waals surface area contributed by atoms with Gasteiger partial charge in [0.05, 0.1) is 13.2 Å². The fourth-order valence-electron chi connectivity index (χ4n) is 1.24. The number of ether oxygens (including phenoxy) is 2. The summed E-state index contributed by atoms with van der Waals surface area (Å²) in [5.74, 6) is 0. The molecule has 0 aromatic rings. The van der Waals surface area contributed by atoms with Crippen molar-refractivity contribution in [1.29, 1.82) is 0 Å². The highest BCUT2D eigenvalue weighted by Crippen LogP contribution is 2.07. The molecule has 0 radical (unpaired) electrons. The molecular weight excluding hydrogens is 222 g/mol. The summed E-state index contributed by atoms with van der Waals surface area (Å²) in [6, 6.07) is 0.0579. The number of amides is 1. The minimum atomic E-state index is -0.464. The SMILES string of the molecule is C[C@@H](CCCOCCO)NC(=O)OC(C)(C)C. The van der Waals surface area contributed by atoms with Crippen LogP contribution in [0.4, 0.5) is 4.79 Å². The van der Waals surface area contributed by atoms with Crippen molar-refractivity contribution in [2.24, 2.45) is 0 Å². The van der Waals surface area contributed by atoms with Gasteiger partial charge in [0.2, 0.25) is 0 Å². The average Bonchev–Trinajstić information content (AvgIpc) is 2.14. The number of aliphatic hydroxyl groups is 1. The van der Waals surface area contributed by atoms with Crippen LogP contribution in [-0.2, 0) is 9.47 Å². The summed E-state index contributed by atoms with van der Waals surface area (Å²) < 4.78 is 10.3. The van der Waals surface area contributed by atoms with Crippen LogP contribution in [0.2, 0.25) is 0 Å². The first kappa shape index (κ1) is 16.2. The Balaban J connectivity index is 3.57. The summed E-state index contributed by atoms with van der Waals surface area (Å²) in [6.45, 7) is 8.44. The number of alkyl carbamates (subject to hydrolysis) is 1. The van der Waals surface area contributed by atoms with Crippen molar-refractivity contribution in [2.75, 3.05) is 19.8 Å². The van der Waals surface area contributed by atoms with Crippen LogP contribution in [-0.4, -0.2) is 42.7 Å². The van der Waals surface area contributed by atoms with Crippen LogP contribution in [0.3, 0.4) is 0 Å². The normalized spacial score (nSPS) is 13.2. The third kappa shape index (κ3) is 11.5. The van der Waals surface area contributed by atoms with Crippen LogP contribution in [0.25, 0.3) is 0 Å². The monoisotopic (exact) mass is 247 g/mol. The van der Waals surface area contributed by atoms with Crippen molar-refractivity contribution in [3.8, 4) is 0 Å². The van der Waals surface area contributed by atoms with E-state index in [2.05, 4.69) is 5.32 Å². The number of hydrogen-bond donors (Lipinski definition) is 2. The number of carbonyl (C=O) groups is 1. The Morgan fingerprint density at radius 3 is 2.53 bits per heavy atom. The highest BCUT2D eigenvalue weighted by molar-refractivity contribution is 5.67. The van der Waals surface area contributed by atoms with E-state index >= 15 is 0 Å². The van der Waals surface area contributed by atoms with E-state index in [9.17, 15) is 4.79 Å². The van der Waals surface area contributed by atoms with Gasteiger partial charge in [0.15, 0.2) is 0 Å². The van der Waals surface area contributed by atoms with E-state index < -0.39 is 5.60 Å². The number of aliphatic hydroxyl groups excluding tert-OH is 1. The van der Waals surface area contributed by atoms with Gasteiger partial charge in [-0.1, -0.05) is 0 Å². The predicted octanol–water partition coefficient (Wildman–Crippen LogP) is 1.69. The summed E-state index contributed by atoms with van der Waals surface area (Å²) in [6.07, 6.45) is 1.28. The first-order valence-corrected chi connectivity index (χ1v) is 6.03. The molecule has 1 amide bonds. The molecule has 0 saturated carbocycles. The molecule has 2 N–H and O–H groups in total. The standard InChI is InChI=1S/C12H25NO4/c1-10(6-5-8-16-9-7-14)13-11(15)17-12(2,3)4/h10,14H,5-9H2,1-4H3,(H,13,15)/t10-/m0/s1. The van der Waals surface area contributed by atoms with Crippen molar-refractivity contribution in [1.82, 2.24) is 5.32 Å². The summed E-state index contributed by atoms with van der Waals surface area (Å²) >= 11 is 0. The number of rotatable bonds is 7. The minimum Gasteiger partial charge on any atom is -0.444 e. The fraction of sp³-hybridized carbons (Fsp3) is 0.917. The second-order valence-electron chi connectivity index (χ2n) is 5.03. The van der Waals surface area contributed by atoms with Gasteiger partial charge in [-0.15, -0.1) is 0 Å². The highest BCUT2D eigenvalue weighted by Gasteiger charge is 2.17. The largest absolute Gasteiger partial charge is 0.444 e. The van der Waals surface area contributed by atoms with E-state index in [1.54, 1.807) is 0 Å². The third-order valence-corrected chi connectivity index (χ3v) is 1.92. The van der Waals surface area contributed by atoms with E-state index in [1.807, 2.05) is 27.7 Å². The molecule has 0 spiro atoms. The maximum atomic E-state index is 11.4. The van der Waals surface area contributed by atoms with E-state index in [0.717, 1.165) is 12.8 Å². The second-order valence-corrected chi connectivity index (χ2v) is 5.03. The lowest BCUT2D eigenvalue weighted by Crippen LogP contribution is -2.37. The molecule has 0 aliphatic carbocycles. The third-order valence-electron chi connectivity index (χ3n) is 1.92. The van der Waals surface area contributed by atoms with Crippen molar-refractivity contribution in [2.45, 2.75) is 52.2 Å². The van der Waals surface area contributed by atoms with Gasteiger partial charge in [0, 0.05) is 12.6 Å². The van der Waals surface area contributed by atoms with E-state index in [-0.39, 0.29) is 18.7 Å². The first-order valence-electron chi connectivity index (χ1n) is 6.03. The van der Waals surface area contributed by atoms with Crippen LogP contribution in [0, 0.1) is 0 Å². The van der Waals surface area contributed by atoms with Crippen molar-refractivity contribution >= 4 is 6.09 Å². The average molecular weight is 247 g/mol. The zero-order valence-electron chi connectivity index (χ0n) is 11.3. The second kappa shape index (κ2) is 8.31. The summed E-state index contributed by atoms with van der Waals surface area (Å²) in [4.78, 5) is 11.4. The molecule has 5 heteroatoms. The molecule has 0 unspecified atom stereocenters. The molecule has 1 atom stereocenters. The first-order chi connectivity index (χ1) is 7.85. The van der Waals surface area contributed by atoms with Crippen LogP contribution >= 0.6 is 0 Å². The van der Waals surface area contributed by atoms with Crippen molar-refractivity contribution in [3.63, 3.8) is 0 Å². The summed E-state index contributed by atoms with van der Waals surface area (Å²) in [7, 11) is 0. The Kier molecular flexibility index (Phi) is 7.91. The molecule has 0 aromatic carbocycles. The zero-order chi connectivity index (χ0) is 13.3. The molecule has 102 valence electrons. The Morgan fingerprint density at radius 2 is 2.00 bits per heavy atom. The van der Waals surface area contributed by atoms with Gasteiger partial charge in [0.1, 0.15) is 5.60 Å². The molecule has 0 fully saturated rings. The van der Waals surface area contributed by atoms with E-state index in [4.69, 9.17) is 14.6 Å². The van der Waals surface area contributed by atoms with Crippen LogP contribution in [0.5, 0.6) is 0 Å². The molecule has 0 rings (SSSR count). The molecule has 0 heterocycles. The van der Waals surface area contributed by atoms with Gasteiger partial charge < -0.3 is 19.9 Å². The molecule has 0 aromatic heterocycles. The Hall–Kier alpha value is -0.810. The zero-order valence-corrected chi connectivity index (χ0v) is 11.3. The van der Waals surface area contributed by atoms with E-state index in [1.165, 1.54) is 0 Å². The molecule has 5 nitrogen and oxygen atoms in total. The van der Waals surface area contributed by atoms with Gasteiger partial charge in [-0.05, 0) is 40.5 Å². The van der Waals surface area contributed by atoms with Gasteiger partial charge in [-0.25, -0.2) is 4.79 Å². The Labute approximate surface area is 103 Å². The fourth-order valence-corrected chi connectivity index (χ4v) is 1.24. The number of carbonyl (C=O) groups excluding carboxylic acids is 1. The molecule has 0 aliphatic rings. The summed E-state index contributed by atoms with van der Waals surface area (Å²) in [5.41, 5.74) is -0.464. The van der Waals surface area contributed by atoms with Crippen molar-refractivity contribution < 1.29 is 19.4 Å². The molecular formula is C12H25NO4. The smallest absolute Gasteiger partial charge is 0.407 e. The van der Waals surface area contributed by atoms with Gasteiger partial charge in [0.25, 0.3) is 0 Å². The number of hydrogen-bond acceptors (Lipinski definition) is 4. The van der Waals surface area contributed by atoms with Crippen molar-refractivity contribution in [3.05, 3.63) is 0 Å². The topological polar surface area (TPSA) is 67.8 Å². The molecule has 17 heavy (non-hydrogen) atoms. The molecule has 0 saturated heterocycles. The van der Waals surface area contributed by atoms with Gasteiger partial charge >= 0.3 is 6.09 Å². The predicted molar refractivity (Wildman–Crippen MR) is 66.0 cm³/mol. The molecule has 0 bridgehead atoms. The van der Waals surface area contributed by atoms with Crippen LogP contribution < -0.4 is 5.32 Å². The lowest BCUT2D eigenvalue weighted by Gasteiger charge is -2.21. The maximum Gasteiger partial charge on any atom is 0.407 e. The molecule has 0 aliphatic heterocycles. The summed E-state index contributed by atoms with van der Waals surface area (Å²) in [5, 5.41) is 11.3. The van der Waals surface area contributed by atoms with Gasteiger partial charge in [-0.3, -0.25) is 0 Å². The Morgan fingerprint density at radius 1 is 1.35 bits per heavy atom. The van der Waals surface area contributed by atoms with Crippen LogP contribution in [0.15, 0.2) is 0 Å². The quantitative estimate of drug-likeness (QED) is 0.672. The van der Waals surface area contributed by atoms with Crippen LogP contribution in [0.1, 0.15) is 40.5 Å². The lowest BCUT2D eigenvalue weighted by molar-refractivity contribution is 0.0499. The lowest BCUT2D eigenvalue weighted by atomic mass is 10.2. The number of nitrogens with one attached hydrogen (secondary N) is 1. The van der Waals surface area contributed by atoms with E-state index in [0.29, 0.717) is 13.2 Å². The van der Waals surface area contributed by atoms with Gasteiger partial charge in [-0.2, -0.15) is 0 Å². The highest BCUT2D eigenvalue weighted by atomic mass is 16.6. The Bertz CT molecular complexity index is 213. The minimum absolute atomic E-state index is 0.0473.